The number of nitrogens with one attached hydrogen (secondary N) is 1. The Balaban J connectivity index is 2.16. The number of anilines is 2. The van der Waals surface area contributed by atoms with Gasteiger partial charge in [0.15, 0.2) is 0 Å². The third kappa shape index (κ3) is 1.99. The lowest BCUT2D eigenvalue weighted by Gasteiger charge is -2.02. The molecule has 0 spiro atoms. The zero-order chi connectivity index (χ0) is 8.93. The van der Waals surface area contributed by atoms with Crippen molar-refractivity contribution in [3.05, 3.63) is 43.1 Å². The molecule has 0 radical (unpaired) electrons. The van der Waals surface area contributed by atoms with E-state index in [1.54, 1.807) is 24.7 Å². The summed E-state index contributed by atoms with van der Waals surface area (Å²) in [6.45, 7) is 0. The summed E-state index contributed by atoms with van der Waals surface area (Å²) in [5.74, 6) is 0.779. The molecule has 0 aliphatic carbocycles. The number of hydrogen-bond donors (Lipinski definition) is 1. The summed E-state index contributed by atoms with van der Waals surface area (Å²) in [4.78, 5) is 11.8. The van der Waals surface area contributed by atoms with Gasteiger partial charge in [0.1, 0.15) is 12.1 Å². The SMILES string of the molecule is c1cc(Nc2ccncn2)ccn1. The maximum absolute atomic E-state index is 4.03. The molecule has 0 saturated heterocycles. The number of rotatable bonds is 2. The Morgan fingerprint density at radius 1 is 0.923 bits per heavy atom. The first kappa shape index (κ1) is 7.67. The molecule has 2 aromatic rings. The maximum atomic E-state index is 4.03. The average molecular weight is 172 g/mol. The molecule has 64 valence electrons. The van der Waals surface area contributed by atoms with Crippen molar-refractivity contribution in [3.63, 3.8) is 0 Å². The van der Waals surface area contributed by atoms with E-state index in [9.17, 15) is 0 Å². The van der Waals surface area contributed by atoms with E-state index in [0.29, 0.717) is 0 Å². The van der Waals surface area contributed by atoms with Crippen LogP contribution in [0.25, 0.3) is 0 Å². The van der Waals surface area contributed by atoms with E-state index in [4.69, 9.17) is 0 Å². The van der Waals surface area contributed by atoms with E-state index >= 15 is 0 Å². The van der Waals surface area contributed by atoms with Crippen LogP contribution in [0.15, 0.2) is 43.1 Å². The second-order valence-corrected chi connectivity index (χ2v) is 2.46. The molecule has 0 aliphatic heterocycles. The Morgan fingerprint density at radius 2 is 1.69 bits per heavy atom. The van der Waals surface area contributed by atoms with Gasteiger partial charge in [-0.15, -0.1) is 0 Å². The van der Waals surface area contributed by atoms with Gasteiger partial charge in [0.2, 0.25) is 0 Å². The maximum Gasteiger partial charge on any atom is 0.133 e. The molecule has 4 nitrogen and oxygen atoms in total. The first-order chi connectivity index (χ1) is 6.45. The lowest BCUT2D eigenvalue weighted by atomic mass is 10.4. The van der Waals surface area contributed by atoms with E-state index in [1.807, 2.05) is 12.1 Å². The molecule has 0 fully saturated rings. The predicted molar refractivity (Wildman–Crippen MR) is 49.6 cm³/mol. The molecular formula is C9H8N4. The normalized spacial score (nSPS) is 9.54. The summed E-state index contributed by atoms with van der Waals surface area (Å²) < 4.78 is 0. The highest BCUT2D eigenvalue weighted by Gasteiger charge is 1.92. The molecule has 0 aromatic carbocycles. The zero-order valence-electron chi connectivity index (χ0n) is 6.88. The lowest BCUT2D eigenvalue weighted by molar-refractivity contribution is 1.17. The van der Waals surface area contributed by atoms with E-state index in [1.165, 1.54) is 6.33 Å². The van der Waals surface area contributed by atoms with Crippen molar-refractivity contribution in [1.82, 2.24) is 15.0 Å². The first-order valence-corrected chi connectivity index (χ1v) is 3.88. The van der Waals surface area contributed by atoms with Gasteiger partial charge < -0.3 is 5.32 Å². The van der Waals surface area contributed by atoms with Gasteiger partial charge in [-0.25, -0.2) is 9.97 Å². The van der Waals surface area contributed by atoms with Crippen molar-refractivity contribution < 1.29 is 0 Å². The van der Waals surface area contributed by atoms with Crippen LogP contribution >= 0.6 is 0 Å². The molecule has 0 bridgehead atoms. The van der Waals surface area contributed by atoms with Gasteiger partial charge in [0.05, 0.1) is 0 Å². The zero-order valence-corrected chi connectivity index (χ0v) is 6.88. The van der Waals surface area contributed by atoms with E-state index in [2.05, 4.69) is 20.3 Å². The van der Waals surface area contributed by atoms with Gasteiger partial charge in [-0.3, -0.25) is 4.98 Å². The highest BCUT2D eigenvalue weighted by molar-refractivity contribution is 5.54. The predicted octanol–water partition coefficient (Wildman–Crippen LogP) is 1.62. The fourth-order valence-corrected chi connectivity index (χ4v) is 0.948. The van der Waals surface area contributed by atoms with Crippen molar-refractivity contribution >= 4 is 11.5 Å². The summed E-state index contributed by atoms with van der Waals surface area (Å²) in [6, 6.07) is 5.56. The lowest BCUT2D eigenvalue weighted by Crippen LogP contribution is -1.92. The molecular weight excluding hydrogens is 164 g/mol. The molecule has 0 atom stereocenters. The number of pyridine rings is 1. The third-order valence-corrected chi connectivity index (χ3v) is 1.53. The van der Waals surface area contributed by atoms with E-state index in [0.717, 1.165) is 11.5 Å². The summed E-state index contributed by atoms with van der Waals surface area (Å²) in [5, 5.41) is 3.11. The molecule has 13 heavy (non-hydrogen) atoms. The van der Waals surface area contributed by atoms with E-state index in [-0.39, 0.29) is 0 Å². The standard InChI is InChI=1S/C9H8N4/c1-4-10-5-2-8(1)13-9-3-6-11-7-12-9/h1-7H,(H,10,11,12,13). The van der Waals surface area contributed by atoms with Crippen LogP contribution in [0.4, 0.5) is 11.5 Å². The summed E-state index contributed by atoms with van der Waals surface area (Å²) in [6.07, 6.45) is 6.65. The largest absolute Gasteiger partial charge is 0.340 e. The van der Waals surface area contributed by atoms with E-state index < -0.39 is 0 Å². The van der Waals surface area contributed by atoms with Gasteiger partial charge in [-0.05, 0) is 18.2 Å². The van der Waals surface area contributed by atoms with Gasteiger partial charge >= 0.3 is 0 Å². The average Bonchev–Trinajstić information content (AvgIpc) is 2.21. The Bertz CT molecular complexity index is 322. The molecule has 0 saturated carbocycles. The minimum Gasteiger partial charge on any atom is -0.340 e. The van der Waals surface area contributed by atoms with Gasteiger partial charge in [-0.1, -0.05) is 0 Å². The van der Waals surface area contributed by atoms with Crippen LogP contribution in [-0.2, 0) is 0 Å². The van der Waals surface area contributed by atoms with Crippen LogP contribution in [0, 0.1) is 0 Å². The van der Waals surface area contributed by atoms with Crippen LogP contribution in [-0.4, -0.2) is 15.0 Å². The quantitative estimate of drug-likeness (QED) is 0.747. The summed E-state index contributed by atoms with van der Waals surface area (Å²) >= 11 is 0. The van der Waals surface area contributed by atoms with Crippen molar-refractivity contribution in [2.24, 2.45) is 0 Å². The smallest absolute Gasteiger partial charge is 0.133 e. The molecule has 2 aromatic heterocycles. The molecule has 2 rings (SSSR count). The minimum absolute atomic E-state index is 0.779. The fraction of sp³-hybridized carbons (Fsp3) is 0. The monoisotopic (exact) mass is 172 g/mol. The Labute approximate surface area is 75.7 Å². The highest BCUT2D eigenvalue weighted by atomic mass is 15.0. The molecule has 2 heterocycles. The number of nitrogens with zero attached hydrogens (tertiary/aromatic N) is 3. The Kier molecular flexibility index (Phi) is 2.14. The molecule has 0 amide bonds. The highest BCUT2D eigenvalue weighted by Crippen LogP contribution is 2.10. The second-order valence-electron chi connectivity index (χ2n) is 2.46. The molecule has 4 heteroatoms. The van der Waals surface area contributed by atoms with Crippen molar-refractivity contribution in [2.75, 3.05) is 5.32 Å². The summed E-state index contributed by atoms with van der Waals surface area (Å²) in [5.41, 5.74) is 0.966. The number of aromatic nitrogens is 3. The second kappa shape index (κ2) is 3.62. The van der Waals surface area contributed by atoms with Crippen LogP contribution in [0.5, 0.6) is 0 Å². The molecule has 1 N–H and O–H groups in total. The van der Waals surface area contributed by atoms with Crippen LogP contribution in [0.1, 0.15) is 0 Å². The molecule has 0 aliphatic rings. The van der Waals surface area contributed by atoms with Crippen LogP contribution in [0.2, 0.25) is 0 Å². The Morgan fingerprint density at radius 3 is 2.38 bits per heavy atom. The first-order valence-electron chi connectivity index (χ1n) is 3.88. The topological polar surface area (TPSA) is 50.7 Å². The molecule has 0 unspecified atom stereocenters. The summed E-state index contributed by atoms with van der Waals surface area (Å²) in [7, 11) is 0. The van der Waals surface area contributed by atoms with Crippen LogP contribution in [0.3, 0.4) is 0 Å². The third-order valence-electron chi connectivity index (χ3n) is 1.53. The van der Waals surface area contributed by atoms with Gasteiger partial charge in [-0.2, -0.15) is 0 Å². The van der Waals surface area contributed by atoms with Gasteiger partial charge in [0.25, 0.3) is 0 Å². The number of hydrogen-bond acceptors (Lipinski definition) is 4. The van der Waals surface area contributed by atoms with Crippen molar-refractivity contribution in [1.29, 1.82) is 0 Å². The van der Waals surface area contributed by atoms with Crippen molar-refractivity contribution in [2.45, 2.75) is 0 Å². The van der Waals surface area contributed by atoms with Gasteiger partial charge in [0, 0.05) is 24.3 Å². The van der Waals surface area contributed by atoms with Crippen molar-refractivity contribution in [3.8, 4) is 0 Å². The van der Waals surface area contributed by atoms with Crippen LogP contribution < -0.4 is 5.32 Å². The fourth-order valence-electron chi connectivity index (χ4n) is 0.948. The Hall–Kier alpha value is -1.97. The minimum atomic E-state index is 0.779.